The van der Waals surface area contributed by atoms with E-state index in [0.717, 1.165) is 37.9 Å². The normalized spacial score (nSPS) is 18.9. The van der Waals surface area contributed by atoms with Crippen LogP contribution in [0.2, 0.25) is 0 Å². The topological polar surface area (TPSA) is 61.4 Å². The van der Waals surface area contributed by atoms with Gasteiger partial charge in [-0.15, -0.1) is 0 Å². The summed E-state index contributed by atoms with van der Waals surface area (Å²) in [6.07, 6.45) is 3.92. The average Bonchev–Trinajstić information content (AvgIpc) is 2.62. The van der Waals surface area contributed by atoms with Crippen LogP contribution in [0, 0.1) is 5.92 Å². The van der Waals surface area contributed by atoms with E-state index in [0.29, 0.717) is 19.0 Å². The van der Waals surface area contributed by atoms with Crippen LogP contribution in [-0.4, -0.2) is 42.4 Å². The standard InChI is InChI=1S/C22H35N3O2/c1-5-7-17(4)23-22(27)19-8-6-13-25(14-19)15-21(26)24-20-11-9-18(10-12-20)16(2)3/h9-12,16-17,19H,5-8,13-15H2,1-4H3,(H,23,27)(H,24,26). The molecule has 2 unspecified atom stereocenters. The number of hydrogen-bond acceptors (Lipinski definition) is 3. The highest BCUT2D eigenvalue weighted by Crippen LogP contribution is 2.19. The molecule has 0 spiro atoms. The van der Waals surface area contributed by atoms with Crippen LogP contribution in [0.25, 0.3) is 0 Å². The van der Waals surface area contributed by atoms with E-state index in [9.17, 15) is 9.59 Å². The van der Waals surface area contributed by atoms with Crippen LogP contribution in [0.5, 0.6) is 0 Å². The monoisotopic (exact) mass is 373 g/mol. The van der Waals surface area contributed by atoms with Gasteiger partial charge >= 0.3 is 0 Å². The van der Waals surface area contributed by atoms with Crippen molar-refractivity contribution in [2.45, 2.75) is 65.3 Å². The first-order valence-corrected chi connectivity index (χ1v) is 10.3. The number of likely N-dealkylation sites (tertiary alicyclic amines) is 1. The fourth-order valence-electron chi connectivity index (χ4n) is 3.63. The molecule has 1 aliphatic rings. The molecule has 27 heavy (non-hydrogen) atoms. The minimum absolute atomic E-state index is 0.0174. The summed E-state index contributed by atoms with van der Waals surface area (Å²) in [6.45, 7) is 10.3. The van der Waals surface area contributed by atoms with Crippen molar-refractivity contribution in [3.8, 4) is 0 Å². The molecule has 2 N–H and O–H groups in total. The number of hydrogen-bond donors (Lipinski definition) is 2. The van der Waals surface area contributed by atoms with E-state index in [2.05, 4.69) is 55.4 Å². The molecule has 0 aromatic heterocycles. The summed E-state index contributed by atoms with van der Waals surface area (Å²) in [5.41, 5.74) is 2.08. The Balaban J connectivity index is 1.82. The zero-order chi connectivity index (χ0) is 19.8. The molecule has 0 radical (unpaired) electrons. The molecule has 1 aliphatic heterocycles. The summed E-state index contributed by atoms with van der Waals surface area (Å²) >= 11 is 0. The zero-order valence-corrected chi connectivity index (χ0v) is 17.3. The van der Waals surface area contributed by atoms with Gasteiger partial charge in [-0.25, -0.2) is 0 Å². The summed E-state index contributed by atoms with van der Waals surface area (Å²) in [6, 6.07) is 8.23. The smallest absolute Gasteiger partial charge is 0.238 e. The fourth-order valence-corrected chi connectivity index (χ4v) is 3.63. The van der Waals surface area contributed by atoms with Crippen molar-refractivity contribution in [1.29, 1.82) is 0 Å². The minimum atomic E-state index is -0.0206. The number of carbonyl (C=O) groups excluding carboxylic acids is 2. The number of carbonyl (C=O) groups is 2. The SMILES string of the molecule is CCCC(C)NC(=O)C1CCCN(CC(=O)Nc2ccc(C(C)C)cc2)C1. The molecule has 5 heteroatoms. The second kappa shape index (κ2) is 10.5. The average molecular weight is 374 g/mol. The number of piperidine rings is 1. The Bertz CT molecular complexity index is 612. The van der Waals surface area contributed by atoms with Crippen LogP contribution in [0.15, 0.2) is 24.3 Å². The van der Waals surface area contributed by atoms with E-state index in [1.54, 1.807) is 0 Å². The molecule has 0 saturated carbocycles. The van der Waals surface area contributed by atoms with Crippen LogP contribution in [0.1, 0.15) is 64.9 Å². The van der Waals surface area contributed by atoms with Gasteiger partial charge in [0.2, 0.25) is 11.8 Å². The molecule has 1 heterocycles. The molecular weight excluding hydrogens is 338 g/mol. The first-order valence-electron chi connectivity index (χ1n) is 10.3. The molecule has 1 saturated heterocycles. The Labute approximate surface area is 163 Å². The second-order valence-electron chi connectivity index (χ2n) is 8.10. The van der Waals surface area contributed by atoms with Gasteiger partial charge in [0.25, 0.3) is 0 Å². The van der Waals surface area contributed by atoms with E-state index < -0.39 is 0 Å². The number of amides is 2. The molecule has 2 amide bonds. The van der Waals surface area contributed by atoms with E-state index >= 15 is 0 Å². The number of rotatable bonds is 8. The fraction of sp³-hybridized carbons (Fsp3) is 0.636. The Kier molecular flexibility index (Phi) is 8.29. The molecule has 0 aliphatic carbocycles. The molecular formula is C22H35N3O2. The molecule has 1 aromatic carbocycles. The predicted octanol–water partition coefficient (Wildman–Crippen LogP) is 3.77. The lowest BCUT2D eigenvalue weighted by Gasteiger charge is -2.32. The maximum absolute atomic E-state index is 12.5. The Morgan fingerprint density at radius 3 is 2.52 bits per heavy atom. The van der Waals surface area contributed by atoms with Gasteiger partial charge in [-0.05, 0) is 56.3 Å². The Morgan fingerprint density at radius 2 is 1.89 bits per heavy atom. The third-order valence-electron chi connectivity index (χ3n) is 5.21. The molecule has 150 valence electrons. The minimum Gasteiger partial charge on any atom is -0.353 e. The highest BCUT2D eigenvalue weighted by molar-refractivity contribution is 5.92. The van der Waals surface area contributed by atoms with Gasteiger partial charge in [0.05, 0.1) is 12.5 Å². The number of anilines is 1. The largest absolute Gasteiger partial charge is 0.353 e. The summed E-state index contributed by atoms with van der Waals surface area (Å²) < 4.78 is 0. The van der Waals surface area contributed by atoms with Crippen LogP contribution < -0.4 is 10.6 Å². The highest BCUT2D eigenvalue weighted by atomic mass is 16.2. The molecule has 0 bridgehead atoms. The van der Waals surface area contributed by atoms with Crippen molar-refractivity contribution in [3.63, 3.8) is 0 Å². The predicted molar refractivity (Wildman–Crippen MR) is 111 cm³/mol. The summed E-state index contributed by atoms with van der Waals surface area (Å²) in [4.78, 5) is 26.9. The molecule has 5 nitrogen and oxygen atoms in total. The Morgan fingerprint density at radius 1 is 1.19 bits per heavy atom. The van der Waals surface area contributed by atoms with Crippen LogP contribution in [-0.2, 0) is 9.59 Å². The summed E-state index contributed by atoms with van der Waals surface area (Å²) in [5, 5.41) is 6.08. The van der Waals surface area contributed by atoms with Gasteiger partial charge in [-0.3, -0.25) is 14.5 Å². The van der Waals surface area contributed by atoms with E-state index in [1.165, 1.54) is 5.56 Å². The quantitative estimate of drug-likeness (QED) is 0.729. The van der Waals surface area contributed by atoms with Crippen LogP contribution >= 0.6 is 0 Å². The maximum atomic E-state index is 12.5. The van der Waals surface area contributed by atoms with Crippen LogP contribution in [0.4, 0.5) is 5.69 Å². The second-order valence-corrected chi connectivity index (χ2v) is 8.10. The summed E-state index contributed by atoms with van der Waals surface area (Å²) in [7, 11) is 0. The third kappa shape index (κ3) is 6.98. The van der Waals surface area contributed by atoms with Gasteiger partial charge in [-0.1, -0.05) is 39.3 Å². The lowest BCUT2D eigenvalue weighted by atomic mass is 9.96. The van der Waals surface area contributed by atoms with Crippen molar-refractivity contribution in [1.82, 2.24) is 10.2 Å². The van der Waals surface area contributed by atoms with Crippen molar-refractivity contribution in [2.75, 3.05) is 25.0 Å². The van der Waals surface area contributed by atoms with Gasteiger partial charge in [0.15, 0.2) is 0 Å². The first-order chi connectivity index (χ1) is 12.9. The summed E-state index contributed by atoms with van der Waals surface area (Å²) in [5.74, 6) is 0.570. The van der Waals surface area contributed by atoms with Crippen LogP contribution in [0.3, 0.4) is 0 Å². The van der Waals surface area contributed by atoms with E-state index in [4.69, 9.17) is 0 Å². The van der Waals surface area contributed by atoms with E-state index in [1.807, 2.05) is 12.1 Å². The molecule has 1 aromatic rings. The number of benzene rings is 1. The van der Waals surface area contributed by atoms with Gasteiger partial charge in [-0.2, -0.15) is 0 Å². The third-order valence-corrected chi connectivity index (χ3v) is 5.21. The first kappa shape index (κ1) is 21.4. The van der Waals surface area contributed by atoms with Gasteiger partial charge in [0.1, 0.15) is 0 Å². The number of nitrogens with zero attached hydrogens (tertiary/aromatic N) is 1. The lowest BCUT2D eigenvalue weighted by Crippen LogP contribution is -2.47. The molecule has 2 atom stereocenters. The van der Waals surface area contributed by atoms with Crippen molar-refractivity contribution in [3.05, 3.63) is 29.8 Å². The molecule has 2 rings (SSSR count). The van der Waals surface area contributed by atoms with Crippen molar-refractivity contribution >= 4 is 17.5 Å². The maximum Gasteiger partial charge on any atom is 0.238 e. The Hall–Kier alpha value is -1.88. The van der Waals surface area contributed by atoms with E-state index in [-0.39, 0.29) is 23.8 Å². The van der Waals surface area contributed by atoms with Crippen molar-refractivity contribution in [2.24, 2.45) is 5.92 Å². The molecule has 1 fully saturated rings. The number of nitrogens with one attached hydrogen (secondary N) is 2. The van der Waals surface area contributed by atoms with Gasteiger partial charge < -0.3 is 10.6 Å². The lowest BCUT2D eigenvalue weighted by molar-refractivity contribution is -0.128. The highest BCUT2D eigenvalue weighted by Gasteiger charge is 2.27. The van der Waals surface area contributed by atoms with Crippen molar-refractivity contribution < 1.29 is 9.59 Å². The zero-order valence-electron chi connectivity index (χ0n) is 17.3. The van der Waals surface area contributed by atoms with Gasteiger partial charge in [0, 0.05) is 18.3 Å².